The summed E-state index contributed by atoms with van der Waals surface area (Å²) in [6.45, 7) is 1.49. The van der Waals surface area contributed by atoms with Crippen LogP contribution in [0.15, 0.2) is 18.5 Å². The molecule has 1 aromatic rings. The van der Waals surface area contributed by atoms with Crippen LogP contribution in [-0.4, -0.2) is 40.6 Å². The molecule has 0 radical (unpaired) electrons. The Kier molecular flexibility index (Phi) is 5.47. The van der Waals surface area contributed by atoms with Gasteiger partial charge in [-0.1, -0.05) is 15.9 Å². The molecule has 0 bridgehead atoms. The second-order valence-corrected chi connectivity index (χ2v) is 4.38. The minimum atomic E-state index is -2.53. The van der Waals surface area contributed by atoms with E-state index in [0.717, 1.165) is 10.5 Å². The van der Waals surface area contributed by atoms with Gasteiger partial charge in [0.15, 0.2) is 0 Å². The van der Waals surface area contributed by atoms with Crippen molar-refractivity contribution >= 4 is 21.8 Å². The zero-order valence-corrected chi connectivity index (χ0v) is 11.0. The van der Waals surface area contributed by atoms with E-state index in [1.807, 2.05) is 0 Å². The van der Waals surface area contributed by atoms with Gasteiger partial charge in [-0.25, -0.2) is 8.78 Å². The standard InChI is InChI=1S/C11H13BrF2N2O/c1-8-4-9(6-15-5-8)11(17)16(3-2-12)7-10(13)14/h4-6,10H,2-3,7H2,1H3. The van der Waals surface area contributed by atoms with E-state index >= 15 is 0 Å². The molecule has 0 saturated carbocycles. The molecule has 0 aromatic carbocycles. The van der Waals surface area contributed by atoms with Crippen LogP contribution in [0.2, 0.25) is 0 Å². The van der Waals surface area contributed by atoms with Gasteiger partial charge in [0.2, 0.25) is 0 Å². The molecule has 1 amide bonds. The first kappa shape index (κ1) is 14.0. The van der Waals surface area contributed by atoms with Gasteiger partial charge in [-0.2, -0.15) is 0 Å². The molecule has 0 aliphatic rings. The highest BCUT2D eigenvalue weighted by atomic mass is 79.9. The number of carbonyl (C=O) groups excluding carboxylic acids is 1. The Labute approximate surface area is 107 Å². The molecular weight excluding hydrogens is 294 g/mol. The molecule has 1 rings (SSSR count). The van der Waals surface area contributed by atoms with Gasteiger partial charge in [-0.05, 0) is 18.6 Å². The predicted molar refractivity (Wildman–Crippen MR) is 64.7 cm³/mol. The quantitative estimate of drug-likeness (QED) is 0.783. The van der Waals surface area contributed by atoms with E-state index in [4.69, 9.17) is 0 Å². The molecule has 0 spiro atoms. The largest absolute Gasteiger partial charge is 0.332 e. The highest BCUT2D eigenvalue weighted by Gasteiger charge is 2.19. The van der Waals surface area contributed by atoms with Crippen molar-refractivity contribution in [1.82, 2.24) is 9.88 Å². The van der Waals surface area contributed by atoms with Gasteiger partial charge in [0.05, 0.1) is 12.1 Å². The summed E-state index contributed by atoms with van der Waals surface area (Å²) < 4.78 is 24.7. The van der Waals surface area contributed by atoms with Crippen LogP contribution in [0.3, 0.4) is 0 Å². The van der Waals surface area contributed by atoms with Gasteiger partial charge in [0.1, 0.15) is 0 Å². The van der Waals surface area contributed by atoms with Crippen LogP contribution in [-0.2, 0) is 0 Å². The van der Waals surface area contributed by atoms with Crippen molar-refractivity contribution in [2.24, 2.45) is 0 Å². The summed E-state index contributed by atoms with van der Waals surface area (Å²) in [5.41, 5.74) is 1.17. The van der Waals surface area contributed by atoms with Crippen LogP contribution in [0.1, 0.15) is 15.9 Å². The maximum atomic E-state index is 12.3. The molecule has 17 heavy (non-hydrogen) atoms. The highest BCUT2D eigenvalue weighted by Crippen LogP contribution is 2.08. The Morgan fingerprint density at radius 3 is 2.76 bits per heavy atom. The van der Waals surface area contributed by atoms with E-state index in [0.29, 0.717) is 10.9 Å². The number of amides is 1. The molecule has 0 atom stereocenters. The molecule has 0 aliphatic heterocycles. The van der Waals surface area contributed by atoms with Crippen LogP contribution < -0.4 is 0 Å². The van der Waals surface area contributed by atoms with Gasteiger partial charge in [-0.3, -0.25) is 9.78 Å². The Morgan fingerprint density at radius 1 is 1.53 bits per heavy atom. The fraction of sp³-hybridized carbons (Fsp3) is 0.455. The van der Waals surface area contributed by atoms with E-state index in [9.17, 15) is 13.6 Å². The molecule has 6 heteroatoms. The van der Waals surface area contributed by atoms with E-state index in [1.54, 1.807) is 19.2 Å². The van der Waals surface area contributed by atoms with E-state index in [1.165, 1.54) is 6.20 Å². The first-order valence-corrected chi connectivity index (χ1v) is 6.21. The van der Waals surface area contributed by atoms with E-state index < -0.39 is 18.9 Å². The Hall–Kier alpha value is -1.04. The number of hydrogen-bond acceptors (Lipinski definition) is 2. The third kappa shape index (κ3) is 4.38. The molecule has 0 fully saturated rings. The smallest absolute Gasteiger partial charge is 0.255 e. The zero-order valence-electron chi connectivity index (χ0n) is 9.37. The number of halogens is 3. The van der Waals surface area contributed by atoms with Crippen molar-refractivity contribution in [1.29, 1.82) is 0 Å². The normalized spacial score (nSPS) is 10.6. The average Bonchev–Trinajstić information content (AvgIpc) is 2.27. The number of pyridine rings is 1. The molecular formula is C11H13BrF2N2O. The Bertz CT molecular complexity index is 387. The van der Waals surface area contributed by atoms with Crippen LogP contribution in [0.5, 0.6) is 0 Å². The summed E-state index contributed by atoms with van der Waals surface area (Å²) in [4.78, 5) is 17.0. The van der Waals surface area contributed by atoms with Crippen molar-refractivity contribution in [3.8, 4) is 0 Å². The molecule has 0 unspecified atom stereocenters. The van der Waals surface area contributed by atoms with Crippen LogP contribution in [0.25, 0.3) is 0 Å². The van der Waals surface area contributed by atoms with Crippen molar-refractivity contribution in [3.63, 3.8) is 0 Å². The topological polar surface area (TPSA) is 33.2 Å². The summed E-state index contributed by atoms with van der Waals surface area (Å²) in [6.07, 6.45) is 0.469. The lowest BCUT2D eigenvalue weighted by atomic mass is 10.2. The number of carbonyl (C=O) groups is 1. The average molecular weight is 307 g/mol. The molecule has 0 N–H and O–H groups in total. The third-order valence-electron chi connectivity index (χ3n) is 2.12. The summed E-state index contributed by atoms with van der Waals surface area (Å²) in [7, 11) is 0. The zero-order chi connectivity index (χ0) is 12.8. The van der Waals surface area contributed by atoms with Gasteiger partial charge in [0, 0.05) is 24.3 Å². The van der Waals surface area contributed by atoms with Gasteiger partial charge < -0.3 is 4.90 Å². The van der Waals surface area contributed by atoms with Crippen molar-refractivity contribution in [2.45, 2.75) is 13.3 Å². The monoisotopic (exact) mass is 306 g/mol. The van der Waals surface area contributed by atoms with Gasteiger partial charge >= 0.3 is 0 Å². The molecule has 0 saturated heterocycles. The van der Waals surface area contributed by atoms with E-state index in [2.05, 4.69) is 20.9 Å². The number of aryl methyl sites for hydroxylation is 1. The number of aromatic nitrogens is 1. The van der Waals surface area contributed by atoms with Crippen LogP contribution >= 0.6 is 15.9 Å². The maximum Gasteiger partial charge on any atom is 0.255 e. The van der Waals surface area contributed by atoms with Gasteiger partial charge in [0.25, 0.3) is 12.3 Å². The number of alkyl halides is 3. The number of rotatable bonds is 5. The summed E-state index contributed by atoms with van der Waals surface area (Å²) in [6, 6.07) is 1.64. The fourth-order valence-corrected chi connectivity index (χ4v) is 1.83. The molecule has 3 nitrogen and oxygen atoms in total. The first-order valence-electron chi connectivity index (χ1n) is 5.09. The predicted octanol–water partition coefficient (Wildman–Crippen LogP) is 2.49. The summed E-state index contributed by atoms with van der Waals surface area (Å²) in [5, 5.41) is 0.463. The fourth-order valence-electron chi connectivity index (χ4n) is 1.40. The highest BCUT2D eigenvalue weighted by molar-refractivity contribution is 9.09. The lowest BCUT2D eigenvalue weighted by Crippen LogP contribution is -2.36. The summed E-state index contributed by atoms with van der Waals surface area (Å²) >= 11 is 3.14. The lowest BCUT2D eigenvalue weighted by molar-refractivity contribution is 0.0572. The maximum absolute atomic E-state index is 12.3. The molecule has 1 aromatic heterocycles. The van der Waals surface area contributed by atoms with Crippen molar-refractivity contribution < 1.29 is 13.6 Å². The number of nitrogens with zero attached hydrogens (tertiary/aromatic N) is 2. The third-order valence-corrected chi connectivity index (χ3v) is 2.48. The molecule has 1 heterocycles. The minimum absolute atomic E-state index is 0.247. The van der Waals surface area contributed by atoms with Crippen molar-refractivity contribution in [2.75, 3.05) is 18.4 Å². The first-order chi connectivity index (χ1) is 8.04. The second-order valence-electron chi connectivity index (χ2n) is 3.58. The van der Waals surface area contributed by atoms with Gasteiger partial charge in [-0.15, -0.1) is 0 Å². The number of hydrogen-bond donors (Lipinski definition) is 0. The molecule has 0 aliphatic carbocycles. The van der Waals surface area contributed by atoms with E-state index in [-0.39, 0.29) is 6.54 Å². The minimum Gasteiger partial charge on any atom is -0.332 e. The van der Waals surface area contributed by atoms with Crippen LogP contribution in [0.4, 0.5) is 8.78 Å². The van der Waals surface area contributed by atoms with Crippen molar-refractivity contribution in [3.05, 3.63) is 29.6 Å². The van der Waals surface area contributed by atoms with Crippen LogP contribution in [0, 0.1) is 6.92 Å². The SMILES string of the molecule is Cc1cncc(C(=O)N(CCBr)CC(F)F)c1. The lowest BCUT2D eigenvalue weighted by Gasteiger charge is -2.21. The second kappa shape index (κ2) is 6.64. The Morgan fingerprint density at radius 2 is 2.24 bits per heavy atom. The Balaban J connectivity index is 2.83. The molecule has 94 valence electrons. The summed E-state index contributed by atoms with van der Waals surface area (Å²) in [5.74, 6) is -0.416.